The highest BCUT2D eigenvalue weighted by Crippen LogP contribution is 2.17. The Bertz CT molecular complexity index is 693. The molecule has 3 rings (SSSR count). The fourth-order valence-electron chi connectivity index (χ4n) is 3.12. The number of thiophene rings is 1. The number of hydrogen-bond donors (Lipinski definition) is 2. The van der Waals surface area contributed by atoms with E-state index < -0.39 is 0 Å². The molecule has 6 nitrogen and oxygen atoms in total. The highest BCUT2D eigenvalue weighted by molar-refractivity contribution is 7.11. The molecular formula is C21H32N4O2S. The Morgan fingerprint density at radius 1 is 1.14 bits per heavy atom. The molecule has 0 saturated carbocycles. The number of furan rings is 1. The van der Waals surface area contributed by atoms with Gasteiger partial charge in [-0.05, 0) is 43.7 Å². The Morgan fingerprint density at radius 2 is 1.96 bits per heavy atom. The van der Waals surface area contributed by atoms with Crippen molar-refractivity contribution in [2.45, 2.75) is 32.7 Å². The first-order valence-electron chi connectivity index (χ1n) is 10.3. The van der Waals surface area contributed by atoms with E-state index in [0.717, 1.165) is 76.9 Å². The first kappa shape index (κ1) is 20.9. The molecule has 3 heterocycles. The molecule has 7 heteroatoms. The molecule has 0 bridgehead atoms. The van der Waals surface area contributed by atoms with Crippen molar-refractivity contribution in [1.29, 1.82) is 0 Å². The molecule has 1 aliphatic heterocycles. The number of guanidine groups is 1. The lowest BCUT2D eigenvalue weighted by Crippen LogP contribution is -2.41. The van der Waals surface area contributed by atoms with Crippen molar-refractivity contribution in [3.05, 3.63) is 46.0 Å². The number of aryl methyl sites for hydroxylation is 1. The van der Waals surface area contributed by atoms with Crippen molar-refractivity contribution in [3.63, 3.8) is 0 Å². The fraction of sp³-hybridized carbons (Fsp3) is 0.571. The van der Waals surface area contributed by atoms with E-state index in [0.29, 0.717) is 6.54 Å². The van der Waals surface area contributed by atoms with Crippen LogP contribution < -0.4 is 10.6 Å². The Labute approximate surface area is 172 Å². The van der Waals surface area contributed by atoms with Crippen LogP contribution in [-0.4, -0.2) is 56.8 Å². The van der Waals surface area contributed by atoms with Gasteiger partial charge in [0.05, 0.1) is 26.0 Å². The lowest BCUT2D eigenvalue weighted by molar-refractivity contribution is 0.0376. The smallest absolute Gasteiger partial charge is 0.191 e. The molecule has 1 saturated heterocycles. The maximum Gasteiger partial charge on any atom is 0.191 e. The quantitative estimate of drug-likeness (QED) is 0.362. The Morgan fingerprint density at radius 3 is 2.71 bits per heavy atom. The SMILES string of the molecule is CCc1ccc(CN=C(NCCCN2CCOCC2)NCCc2ccco2)s1. The van der Waals surface area contributed by atoms with Gasteiger partial charge in [0, 0.05) is 42.4 Å². The van der Waals surface area contributed by atoms with E-state index >= 15 is 0 Å². The van der Waals surface area contributed by atoms with E-state index in [2.05, 4.69) is 34.6 Å². The molecule has 2 aromatic rings. The van der Waals surface area contributed by atoms with Gasteiger partial charge in [0.2, 0.25) is 0 Å². The third-order valence-corrected chi connectivity index (χ3v) is 5.96. The van der Waals surface area contributed by atoms with E-state index in [4.69, 9.17) is 14.1 Å². The molecule has 0 amide bonds. The van der Waals surface area contributed by atoms with E-state index in [-0.39, 0.29) is 0 Å². The number of rotatable bonds is 10. The van der Waals surface area contributed by atoms with Crippen LogP contribution in [0.15, 0.2) is 39.9 Å². The van der Waals surface area contributed by atoms with Crippen LogP contribution >= 0.6 is 11.3 Å². The van der Waals surface area contributed by atoms with Gasteiger partial charge in [-0.3, -0.25) is 4.90 Å². The fourth-order valence-corrected chi connectivity index (χ4v) is 4.00. The summed E-state index contributed by atoms with van der Waals surface area (Å²) in [5, 5.41) is 6.92. The minimum absolute atomic E-state index is 0.713. The average Bonchev–Trinajstić information content (AvgIpc) is 3.41. The number of nitrogens with zero attached hydrogens (tertiary/aromatic N) is 2. The molecule has 28 heavy (non-hydrogen) atoms. The van der Waals surface area contributed by atoms with Crippen LogP contribution in [0.1, 0.15) is 28.9 Å². The van der Waals surface area contributed by atoms with Crippen LogP contribution in [0.5, 0.6) is 0 Å². The molecular weight excluding hydrogens is 372 g/mol. The summed E-state index contributed by atoms with van der Waals surface area (Å²) in [7, 11) is 0. The van der Waals surface area contributed by atoms with Gasteiger partial charge in [-0.25, -0.2) is 4.99 Å². The standard InChI is InChI=1S/C21H32N4O2S/c1-2-19-6-7-20(28-19)17-24-21(23-10-8-18-5-3-14-27-18)22-9-4-11-25-12-15-26-16-13-25/h3,5-7,14H,2,4,8-13,15-17H2,1H3,(H2,22,23,24). The van der Waals surface area contributed by atoms with E-state index in [1.54, 1.807) is 6.26 Å². The summed E-state index contributed by atoms with van der Waals surface area (Å²) in [5.74, 6) is 1.87. The molecule has 1 fully saturated rings. The number of ether oxygens (including phenoxy) is 1. The van der Waals surface area contributed by atoms with Crippen LogP contribution in [0.2, 0.25) is 0 Å². The number of nitrogens with one attached hydrogen (secondary N) is 2. The monoisotopic (exact) mass is 404 g/mol. The molecule has 0 unspecified atom stereocenters. The summed E-state index contributed by atoms with van der Waals surface area (Å²) in [6.07, 6.45) is 4.75. The number of aliphatic imine (C=N–C) groups is 1. The normalized spacial score (nSPS) is 15.7. The summed E-state index contributed by atoms with van der Waals surface area (Å²) in [6, 6.07) is 8.32. The molecule has 0 radical (unpaired) electrons. The second kappa shape index (κ2) is 11.9. The maximum atomic E-state index is 5.41. The molecule has 0 aromatic carbocycles. The first-order valence-corrected chi connectivity index (χ1v) is 11.1. The van der Waals surface area contributed by atoms with Gasteiger partial charge in [0.15, 0.2) is 5.96 Å². The Kier molecular flexibility index (Phi) is 8.87. The van der Waals surface area contributed by atoms with Crippen LogP contribution in [0, 0.1) is 0 Å². The van der Waals surface area contributed by atoms with Gasteiger partial charge < -0.3 is 19.8 Å². The summed E-state index contributed by atoms with van der Waals surface area (Å²) in [6.45, 7) is 9.51. The maximum absolute atomic E-state index is 5.41. The summed E-state index contributed by atoms with van der Waals surface area (Å²) in [4.78, 5) is 9.96. The van der Waals surface area contributed by atoms with Crippen LogP contribution in [0.4, 0.5) is 0 Å². The van der Waals surface area contributed by atoms with Gasteiger partial charge in [-0.2, -0.15) is 0 Å². The molecule has 0 aliphatic carbocycles. The topological polar surface area (TPSA) is 62.0 Å². The average molecular weight is 405 g/mol. The second-order valence-electron chi connectivity index (χ2n) is 6.88. The molecule has 0 atom stereocenters. The summed E-state index contributed by atoms with van der Waals surface area (Å²) < 4.78 is 10.8. The second-order valence-corrected chi connectivity index (χ2v) is 8.13. The van der Waals surface area contributed by atoms with Crippen molar-refractivity contribution in [2.24, 2.45) is 4.99 Å². The van der Waals surface area contributed by atoms with Crippen molar-refractivity contribution in [2.75, 3.05) is 45.9 Å². The highest BCUT2D eigenvalue weighted by Gasteiger charge is 2.09. The van der Waals surface area contributed by atoms with Crippen molar-refractivity contribution < 1.29 is 9.15 Å². The Balaban J connectivity index is 1.45. The molecule has 1 aliphatic rings. The van der Waals surface area contributed by atoms with Crippen LogP contribution in [0.25, 0.3) is 0 Å². The lowest BCUT2D eigenvalue weighted by atomic mass is 10.3. The zero-order valence-corrected chi connectivity index (χ0v) is 17.6. The van der Waals surface area contributed by atoms with Crippen molar-refractivity contribution >= 4 is 17.3 Å². The van der Waals surface area contributed by atoms with Gasteiger partial charge >= 0.3 is 0 Å². The molecule has 0 spiro atoms. The van der Waals surface area contributed by atoms with Gasteiger partial charge in [-0.1, -0.05) is 6.92 Å². The zero-order valence-electron chi connectivity index (χ0n) is 16.8. The van der Waals surface area contributed by atoms with Crippen LogP contribution in [-0.2, 0) is 24.1 Å². The minimum Gasteiger partial charge on any atom is -0.469 e. The first-order chi connectivity index (χ1) is 13.8. The minimum atomic E-state index is 0.713. The largest absolute Gasteiger partial charge is 0.469 e. The molecule has 2 N–H and O–H groups in total. The van der Waals surface area contributed by atoms with E-state index in [9.17, 15) is 0 Å². The number of hydrogen-bond acceptors (Lipinski definition) is 5. The van der Waals surface area contributed by atoms with E-state index in [1.807, 2.05) is 23.5 Å². The van der Waals surface area contributed by atoms with Gasteiger partial charge in [0.25, 0.3) is 0 Å². The predicted octanol–water partition coefficient (Wildman–Crippen LogP) is 2.90. The van der Waals surface area contributed by atoms with Gasteiger partial charge in [-0.15, -0.1) is 11.3 Å². The number of morpholine rings is 1. The van der Waals surface area contributed by atoms with E-state index in [1.165, 1.54) is 9.75 Å². The Hall–Kier alpha value is -1.83. The summed E-state index contributed by atoms with van der Waals surface area (Å²) >= 11 is 1.85. The van der Waals surface area contributed by atoms with Crippen molar-refractivity contribution in [3.8, 4) is 0 Å². The predicted molar refractivity (Wildman–Crippen MR) is 115 cm³/mol. The van der Waals surface area contributed by atoms with Crippen molar-refractivity contribution in [1.82, 2.24) is 15.5 Å². The highest BCUT2D eigenvalue weighted by atomic mass is 32.1. The molecule has 2 aromatic heterocycles. The van der Waals surface area contributed by atoms with Crippen LogP contribution in [0.3, 0.4) is 0 Å². The summed E-state index contributed by atoms with van der Waals surface area (Å²) in [5.41, 5.74) is 0. The third-order valence-electron chi connectivity index (χ3n) is 4.75. The molecule has 154 valence electrons. The third kappa shape index (κ3) is 7.30. The van der Waals surface area contributed by atoms with Gasteiger partial charge in [0.1, 0.15) is 5.76 Å². The zero-order chi connectivity index (χ0) is 19.4. The lowest BCUT2D eigenvalue weighted by Gasteiger charge is -2.26.